The molecule has 0 saturated heterocycles. The van der Waals surface area contributed by atoms with Gasteiger partial charge in [0.25, 0.3) is 0 Å². The predicted molar refractivity (Wildman–Crippen MR) is 98.6 cm³/mol. The smallest absolute Gasteiger partial charge is 0.192 e. The molecule has 0 fully saturated rings. The molecule has 2 aromatic carbocycles. The van der Waals surface area contributed by atoms with E-state index < -0.39 is 29.1 Å². The first kappa shape index (κ1) is 17.3. The molecule has 0 unspecified atom stereocenters. The van der Waals surface area contributed by atoms with Crippen molar-refractivity contribution in [3.63, 3.8) is 0 Å². The number of Topliss-reactive ketones (excluding diaryl/α,β-unsaturated/α-hetero) is 3. The quantitative estimate of drug-likeness (QED) is 0.735. The number of hydrogen-bond acceptors (Lipinski definition) is 5. The Labute approximate surface area is 157 Å². The molecule has 0 bridgehead atoms. The molecule has 2 aliphatic rings. The standard InChI is InChI=1S/C20H15BrO5/c21-9-16(23)20(26)7-14-17(15(22)8-20)19(25)13-6-11-4-2-1-3-10(11)5-12(13)18(14)24/h1-6,15,22,26H,7-9H2/t15-,20-/m1/s1. The van der Waals surface area contributed by atoms with Gasteiger partial charge in [0, 0.05) is 35.1 Å². The van der Waals surface area contributed by atoms with Gasteiger partial charge in [-0.05, 0) is 22.9 Å². The number of carbonyl (C=O) groups is 3. The zero-order valence-electron chi connectivity index (χ0n) is 13.7. The summed E-state index contributed by atoms with van der Waals surface area (Å²) in [5, 5.41) is 22.6. The van der Waals surface area contributed by atoms with E-state index in [4.69, 9.17) is 0 Å². The van der Waals surface area contributed by atoms with Gasteiger partial charge in [0.05, 0.1) is 11.4 Å². The van der Waals surface area contributed by atoms with Crippen LogP contribution in [0.3, 0.4) is 0 Å². The molecule has 0 aliphatic heterocycles. The molecule has 0 amide bonds. The van der Waals surface area contributed by atoms with Crippen LogP contribution in [0.4, 0.5) is 0 Å². The maximum atomic E-state index is 13.0. The molecule has 2 N–H and O–H groups in total. The van der Waals surface area contributed by atoms with Crippen LogP contribution < -0.4 is 0 Å². The van der Waals surface area contributed by atoms with Gasteiger partial charge in [-0.1, -0.05) is 40.2 Å². The molecule has 0 saturated carbocycles. The van der Waals surface area contributed by atoms with Crippen LogP contribution in [0.25, 0.3) is 10.8 Å². The zero-order chi connectivity index (χ0) is 18.6. The Balaban J connectivity index is 1.89. The van der Waals surface area contributed by atoms with Crippen molar-refractivity contribution in [3.05, 3.63) is 58.7 Å². The first-order valence-corrected chi connectivity index (χ1v) is 9.33. The number of hydrogen-bond donors (Lipinski definition) is 2. The van der Waals surface area contributed by atoms with Crippen molar-refractivity contribution >= 4 is 44.1 Å². The second-order valence-electron chi connectivity index (χ2n) is 6.78. The lowest BCUT2D eigenvalue weighted by Gasteiger charge is -2.37. The highest BCUT2D eigenvalue weighted by atomic mass is 79.9. The molecular formula is C20H15BrO5. The van der Waals surface area contributed by atoms with Crippen LogP contribution in [0.5, 0.6) is 0 Å². The summed E-state index contributed by atoms with van der Waals surface area (Å²) in [6, 6.07) is 10.7. The van der Waals surface area contributed by atoms with Crippen molar-refractivity contribution in [2.24, 2.45) is 0 Å². The highest BCUT2D eigenvalue weighted by Gasteiger charge is 2.48. The Bertz CT molecular complexity index is 1020. The van der Waals surface area contributed by atoms with Crippen LogP contribution in [-0.4, -0.2) is 44.6 Å². The fraction of sp³-hybridized carbons (Fsp3) is 0.250. The van der Waals surface area contributed by atoms with Gasteiger partial charge in [0.2, 0.25) is 0 Å². The summed E-state index contributed by atoms with van der Waals surface area (Å²) in [5.41, 5.74) is -1.32. The van der Waals surface area contributed by atoms with E-state index >= 15 is 0 Å². The first-order valence-electron chi connectivity index (χ1n) is 8.20. The monoisotopic (exact) mass is 414 g/mol. The highest BCUT2D eigenvalue weighted by Crippen LogP contribution is 2.41. The maximum Gasteiger partial charge on any atom is 0.192 e. The topological polar surface area (TPSA) is 91.7 Å². The van der Waals surface area contributed by atoms with E-state index in [0.29, 0.717) is 0 Å². The van der Waals surface area contributed by atoms with E-state index in [1.54, 1.807) is 12.1 Å². The van der Waals surface area contributed by atoms with E-state index in [0.717, 1.165) is 10.8 Å². The lowest BCUT2D eigenvalue weighted by atomic mass is 9.69. The molecule has 2 atom stereocenters. The third-order valence-electron chi connectivity index (χ3n) is 5.19. The Morgan fingerprint density at radius 3 is 2.27 bits per heavy atom. The number of ketones is 3. The van der Waals surface area contributed by atoms with Crippen LogP contribution in [0, 0.1) is 0 Å². The molecule has 4 rings (SSSR count). The molecule has 5 nitrogen and oxygen atoms in total. The fourth-order valence-corrected chi connectivity index (χ4v) is 4.36. The summed E-state index contributed by atoms with van der Waals surface area (Å²) >= 11 is 3.01. The highest BCUT2D eigenvalue weighted by molar-refractivity contribution is 9.09. The second kappa shape index (κ2) is 5.94. The van der Waals surface area contributed by atoms with Crippen molar-refractivity contribution in [1.29, 1.82) is 0 Å². The molecule has 2 aliphatic carbocycles. The van der Waals surface area contributed by atoms with Crippen LogP contribution in [0.2, 0.25) is 0 Å². The van der Waals surface area contributed by atoms with Gasteiger partial charge >= 0.3 is 0 Å². The lowest BCUT2D eigenvalue weighted by molar-refractivity contribution is -0.137. The molecule has 6 heteroatoms. The summed E-state index contributed by atoms with van der Waals surface area (Å²) < 4.78 is 0. The largest absolute Gasteiger partial charge is 0.388 e. The Morgan fingerprint density at radius 2 is 1.69 bits per heavy atom. The number of aliphatic hydroxyl groups is 2. The van der Waals surface area contributed by atoms with Gasteiger partial charge in [-0.25, -0.2) is 0 Å². The third kappa shape index (κ3) is 2.40. The molecule has 0 heterocycles. The van der Waals surface area contributed by atoms with Crippen molar-refractivity contribution in [1.82, 2.24) is 0 Å². The second-order valence-corrected chi connectivity index (χ2v) is 7.34. The van der Waals surface area contributed by atoms with E-state index in [1.807, 2.05) is 24.3 Å². The van der Waals surface area contributed by atoms with E-state index in [-0.39, 0.29) is 40.4 Å². The molecular weight excluding hydrogens is 400 g/mol. The average molecular weight is 415 g/mol. The molecule has 0 spiro atoms. The first-order chi connectivity index (χ1) is 12.4. The minimum Gasteiger partial charge on any atom is -0.388 e. The Morgan fingerprint density at radius 1 is 1.12 bits per heavy atom. The predicted octanol–water partition coefficient (Wildman–Crippen LogP) is 2.37. The zero-order valence-corrected chi connectivity index (χ0v) is 15.2. The number of alkyl halides is 1. The third-order valence-corrected chi connectivity index (χ3v) is 5.70. The SMILES string of the molecule is O=C1C2=C(C(=O)c3cc4ccccc4cc31)[C@H](O)C[C@@](O)(C(=O)CBr)C2. The number of rotatable bonds is 2. The van der Waals surface area contributed by atoms with E-state index in [1.165, 1.54) is 0 Å². The van der Waals surface area contributed by atoms with Crippen molar-refractivity contribution < 1.29 is 24.6 Å². The van der Waals surface area contributed by atoms with E-state index in [9.17, 15) is 24.6 Å². The van der Waals surface area contributed by atoms with Gasteiger partial charge < -0.3 is 10.2 Å². The summed E-state index contributed by atoms with van der Waals surface area (Å²) in [6.07, 6.45) is -1.92. The molecule has 0 aromatic heterocycles. The van der Waals surface area contributed by atoms with Crippen LogP contribution in [0.1, 0.15) is 33.6 Å². The minimum absolute atomic E-state index is 0.00447. The van der Waals surface area contributed by atoms with Gasteiger partial charge in [0.15, 0.2) is 17.3 Å². The Hall–Kier alpha value is -2.15. The minimum atomic E-state index is -1.86. The number of benzene rings is 2. The number of fused-ring (bicyclic) bond motifs is 2. The summed E-state index contributed by atoms with van der Waals surface area (Å²) in [4.78, 5) is 38.1. The van der Waals surface area contributed by atoms with Gasteiger partial charge in [-0.3, -0.25) is 14.4 Å². The van der Waals surface area contributed by atoms with Crippen LogP contribution >= 0.6 is 15.9 Å². The van der Waals surface area contributed by atoms with Crippen LogP contribution in [0.15, 0.2) is 47.5 Å². The van der Waals surface area contributed by atoms with Crippen LogP contribution in [-0.2, 0) is 4.79 Å². The molecule has 2 aromatic rings. The molecule has 26 heavy (non-hydrogen) atoms. The number of halogens is 1. The number of aliphatic hydroxyl groups excluding tert-OH is 1. The van der Waals surface area contributed by atoms with Crippen molar-refractivity contribution in [2.75, 3.05) is 5.33 Å². The van der Waals surface area contributed by atoms with Gasteiger partial charge in [-0.15, -0.1) is 0 Å². The van der Waals surface area contributed by atoms with E-state index in [2.05, 4.69) is 15.9 Å². The van der Waals surface area contributed by atoms with Crippen molar-refractivity contribution in [2.45, 2.75) is 24.5 Å². The molecule has 132 valence electrons. The number of carbonyl (C=O) groups excluding carboxylic acids is 3. The lowest BCUT2D eigenvalue weighted by Crippen LogP contribution is -2.49. The van der Waals surface area contributed by atoms with Crippen molar-refractivity contribution in [3.8, 4) is 0 Å². The summed E-state index contributed by atoms with van der Waals surface area (Å²) in [5.74, 6) is -1.35. The summed E-state index contributed by atoms with van der Waals surface area (Å²) in [7, 11) is 0. The normalized spacial score (nSPS) is 25.3. The summed E-state index contributed by atoms with van der Waals surface area (Å²) in [6.45, 7) is 0. The van der Waals surface area contributed by atoms with Gasteiger partial charge in [0.1, 0.15) is 5.60 Å². The molecule has 0 radical (unpaired) electrons. The van der Waals surface area contributed by atoms with Gasteiger partial charge in [-0.2, -0.15) is 0 Å². The maximum absolute atomic E-state index is 13.0. The Kier molecular flexibility index (Phi) is 3.95. The fourth-order valence-electron chi connectivity index (χ4n) is 3.83. The average Bonchev–Trinajstić information content (AvgIpc) is 2.63.